The van der Waals surface area contributed by atoms with E-state index in [1.54, 1.807) is 0 Å². The van der Waals surface area contributed by atoms with Crippen molar-refractivity contribution in [2.45, 2.75) is 72.8 Å². The van der Waals surface area contributed by atoms with Crippen molar-refractivity contribution in [3.05, 3.63) is 0 Å². The molecule has 10 atom stereocenters. The summed E-state index contributed by atoms with van der Waals surface area (Å²) >= 11 is 46.0. The van der Waals surface area contributed by atoms with E-state index in [2.05, 4.69) is 101 Å². The largest absolute Gasteiger partial charge is 0.175 e. The van der Waals surface area contributed by atoms with Gasteiger partial charge in [-0.05, 0) is 6.42 Å². The van der Waals surface area contributed by atoms with Crippen molar-refractivity contribution >= 4 is 126 Å². The maximum atomic E-state index is 4.70. The average molecular weight is 505 g/mol. The first-order valence-corrected chi connectivity index (χ1v) is 12.4. The highest BCUT2D eigenvalue weighted by Gasteiger charge is 2.34. The van der Waals surface area contributed by atoms with E-state index in [4.69, 9.17) is 25.3 Å². The molecule has 0 rings (SSSR count). The molecule has 0 aliphatic carbocycles. The Kier molecular flexibility index (Phi) is 14.8. The topological polar surface area (TPSA) is 0 Å². The number of hydrogen-bond donors (Lipinski definition) is 10. The molecule has 0 aromatic rings. The highest BCUT2D eigenvalue weighted by Crippen LogP contribution is 2.33. The van der Waals surface area contributed by atoms with Crippen molar-refractivity contribution in [1.82, 2.24) is 0 Å². The van der Waals surface area contributed by atoms with Crippen molar-refractivity contribution in [3.8, 4) is 0 Å². The van der Waals surface area contributed by atoms with Crippen LogP contribution in [0.3, 0.4) is 0 Å². The van der Waals surface area contributed by atoms with Gasteiger partial charge in [-0.15, -0.1) is 0 Å². The maximum absolute atomic E-state index is 4.70. The molecule has 0 aromatic heterocycles. The smallest absolute Gasteiger partial charge is 0.0271 e. The molecule has 140 valence electrons. The van der Waals surface area contributed by atoms with Crippen LogP contribution in [0.25, 0.3) is 0 Å². The average Bonchev–Trinajstić information content (AvgIpc) is 2.49. The van der Waals surface area contributed by atoms with Gasteiger partial charge in [0, 0.05) is 52.5 Å². The molecule has 0 amide bonds. The van der Waals surface area contributed by atoms with Gasteiger partial charge < -0.3 is 0 Å². The lowest BCUT2D eigenvalue weighted by Gasteiger charge is -2.34. The third-order valence-electron chi connectivity index (χ3n) is 3.66. The first-order valence-electron chi connectivity index (χ1n) is 7.22. The SMILES string of the molecule is CC(S)C(S)C(S)C(S)CC(S)C(S)C(S)C(S)C(S)C(C)S. The van der Waals surface area contributed by atoms with Gasteiger partial charge in [0.15, 0.2) is 0 Å². The molecule has 23 heavy (non-hydrogen) atoms. The molecule has 0 aliphatic rings. The Bertz CT molecular complexity index is 326. The third-order valence-corrected chi connectivity index (χ3v) is 11.4. The van der Waals surface area contributed by atoms with Crippen LogP contribution < -0.4 is 0 Å². The van der Waals surface area contributed by atoms with E-state index in [9.17, 15) is 0 Å². The predicted molar refractivity (Wildman–Crippen MR) is 144 cm³/mol. The second-order valence-electron chi connectivity index (χ2n) is 5.80. The summed E-state index contributed by atoms with van der Waals surface area (Å²) in [5, 5.41) is 0.272. The Labute approximate surface area is 197 Å². The fourth-order valence-corrected chi connectivity index (χ4v) is 6.05. The van der Waals surface area contributed by atoms with E-state index in [1.165, 1.54) is 0 Å². The van der Waals surface area contributed by atoms with Crippen LogP contribution in [-0.2, 0) is 0 Å². The van der Waals surface area contributed by atoms with E-state index in [1.807, 2.05) is 13.8 Å². The van der Waals surface area contributed by atoms with Gasteiger partial charge >= 0.3 is 0 Å². The van der Waals surface area contributed by atoms with Crippen LogP contribution in [0.2, 0.25) is 0 Å². The predicted octanol–water partition coefficient (Wildman–Crippen LogP) is 4.40. The van der Waals surface area contributed by atoms with Gasteiger partial charge in [-0.3, -0.25) is 0 Å². The Balaban J connectivity index is 4.68. The van der Waals surface area contributed by atoms with Crippen LogP contribution in [0.15, 0.2) is 0 Å². The lowest BCUT2D eigenvalue weighted by molar-refractivity contribution is 0.625. The second kappa shape index (κ2) is 12.9. The van der Waals surface area contributed by atoms with Crippen LogP contribution in [0.1, 0.15) is 20.3 Å². The molecule has 0 heterocycles. The summed E-state index contributed by atoms with van der Waals surface area (Å²) < 4.78 is 0. The Morgan fingerprint density at radius 2 is 0.696 bits per heavy atom. The summed E-state index contributed by atoms with van der Waals surface area (Å²) in [6, 6.07) is 0. The lowest BCUT2D eigenvalue weighted by atomic mass is 10.0. The molecule has 0 fully saturated rings. The minimum atomic E-state index is -0.0595. The summed E-state index contributed by atoms with van der Waals surface area (Å²) in [6.45, 7) is 4.00. The monoisotopic (exact) mass is 504 g/mol. The highest BCUT2D eigenvalue weighted by atomic mass is 32.1. The van der Waals surface area contributed by atoms with E-state index < -0.39 is 0 Å². The van der Waals surface area contributed by atoms with Crippen LogP contribution in [0, 0.1) is 0 Å². The molecule has 0 bridgehead atoms. The minimum Gasteiger partial charge on any atom is -0.175 e. The summed E-state index contributed by atoms with van der Waals surface area (Å²) in [7, 11) is 0. The van der Waals surface area contributed by atoms with Gasteiger partial charge in [0.25, 0.3) is 0 Å². The molecule has 10 unspecified atom stereocenters. The van der Waals surface area contributed by atoms with Crippen LogP contribution >= 0.6 is 126 Å². The van der Waals surface area contributed by atoms with E-state index in [-0.39, 0.29) is 52.5 Å². The summed E-state index contributed by atoms with van der Waals surface area (Å²) in [6.07, 6.45) is 0.747. The molecule has 0 aromatic carbocycles. The Hall–Kier alpha value is 3.50. The van der Waals surface area contributed by atoms with Crippen LogP contribution in [0.4, 0.5) is 0 Å². The molecule has 0 nitrogen and oxygen atoms in total. The molecule has 0 saturated carbocycles. The zero-order valence-corrected chi connectivity index (χ0v) is 21.9. The molecule has 0 spiro atoms. The van der Waals surface area contributed by atoms with Gasteiger partial charge in [-0.2, -0.15) is 126 Å². The lowest BCUT2D eigenvalue weighted by Crippen LogP contribution is -2.41. The summed E-state index contributed by atoms with van der Waals surface area (Å²) in [5.74, 6) is 0. The van der Waals surface area contributed by atoms with Gasteiger partial charge in [-0.25, -0.2) is 0 Å². The zero-order valence-electron chi connectivity index (χ0n) is 13.0. The van der Waals surface area contributed by atoms with Gasteiger partial charge in [0.2, 0.25) is 0 Å². The summed E-state index contributed by atoms with van der Waals surface area (Å²) in [5.41, 5.74) is 0. The number of hydrogen-bond acceptors (Lipinski definition) is 10. The highest BCUT2D eigenvalue weighted by molar-refractivity contribution is 7.90. The Morgan fingerprint density at radius 1 is 0.435 bits per heavy atom. The fraction of sp³-hybridized carbons (Fsp3) is 1.00. The van der Waals surface area contributed by atoms with Crippen LogP contribution in [0.5, 0.6) is 0 Å². The molecular weight excluding hydrogens is 477 g/mol. The molecule has 0 N–H and O–H groups in total. The molecule has 0 saturated heterocycles. The van der Waals surface area contributed by atoms with E-state index in [0.29, 0.717) is 0 Å². The minimum absolute atomic E-state index is 0.0131. The normalized spacial score (nSPS) is 25.6. The molecule has 0 aliphatic heterocycles. The second-order valence-corrected chi connectivity index (χ2v) is 12.3. The number of rotatable bonds is 10. The zero-order chi connectivity index (χ0) is 18.5. The van der Waals surface area contributed by atoms with Crippen molar-refractivity contribution in [3.63, 3.8) is 0 Å². The first-order chi connectivity index (χ1) is 10.4. The maximum Gasteiger partial charge on any atom is 0.0271 e. The molecular formula is C13H28S10. The van der Waals surface area contributed by atoms with E-state index in [0.717, 1.165) is 6.42 Å². The standard InChI is InChI=1S/C13H28S10/c1-4(14)8(18)10(20)6(16)3-7(17)11(21)13(23)12(22)9(19)5(2)15/h4-23H,3H2,1-2H3. The fourth-order valence-electron chi connectivity index (χ4n) is 1.96. The quantitative estimate of drug-likeness (QED) is 0.192. The molecule has 0 radical (unpaired) electrons. The van der Waals surface area contributed by atoms with Crippen LogP contribution in [-0.4, -0.2) is 52.5 Å². The Morgan fingerprint density at radius 3 is 1.04 bits per heavy atom. The van der Waals surface area contributed by atoms with Gasteiger partial charge in [-0.1, -0.05) is 13.8 Å². The molecule has 10 heteroatoms. The first kappa shape index (κ1) is 26.5. The van der Waals surface area contributed by atoms with Crippen molar-refractivity contribution < 1.29 is 0 Å². The van der Waals surface area contributed by atoms with Gasteiger partial charge in [0.05, 0.1) is 0 Å². The van der Waals surface area contributed by atoms with Crippen molar-refractivity contribution in [2.24, 2.45) is 0 Å². The summed E-state index contributed by atoms with van der Waals surface area (Å²) in [4.78, 5) is 0. The van der Waals surface area contributed by atoms with Crippen molar-refractivity contribution in [1.29, 1.82) is 0 Å². The van der Waals surface area contributed by atoms with E-state index >= 15 is 0 Å². The third kappa shape index (κ3) is 9.03. The van der Waals surface area contributed by atoms with Gasteiger partial charge in [0.1, 0.15) is 0 Å². The number of thiol groups is 10. The van der Waals surface area contributed by atoms with Crippen molar-refractivity contribution in [2.75, 3.05) is 0 Å².